The molecule has 0 radical (unpaired) electrons. The average Bonchev–Trinajstić information content (AvgIpc) is 3.50. The molecule has 1 aliphatic heterocycles. The summed E-state index contributed by atoms with van der Waals surface area (Å²) in [5.41, 5.74) is 3.68. The molecular weight excluding hydrogens is 547 g/mol. The molecule has 2 aromatic carbocycles. The lowest BCUT2D eigenvalue weighted by atomic mass is 10.0. The van der Waals surface area contributed by atoms with Crippen molar-refractivity contribution < 1.29 is 22.4 Å². The molecular formula is C29H29FN6O4S. The van der Waals surface area contributed by atoms with E-state index in [-0.39, 0.29) is 16.8 Å². The van der Waals surface area contributed by atoms with E-state index in [0.29, 0.717) is 36.8 Å². The number of hydrogen-bond acceptors (Lipinski definition) is 6. The van der Waals surface area contributed by atoms with E-state index in [2.05, 4.69) is 14.5 Å². The number of aromatic nitrogens is 4. The number of sulfonamides is 1. The quantitative estimate of drug-likeness (QED) is 0.302. The minimum atomic E-state index is -3.93. The number of carbonyl (C=O) groups excluding carboxylic acids is 1. The summed E-state index contributed by atoms with van der Waals surface area (Å²) in [5, 5.41) is 0.425. The molecule has 0 spiro atoms. The third kappa shape index (κ3) is 4.82. The van der Waals surface area contributed by atoms with Gasteiger partial charge in [-0.25, -0.2) is 22.6 Å². The Morgan fingerprint density at radius 3 is 2.44 bits per heavy atom. The van der Waals surface area contributed by atoms with E-state index in [1.165, 1.54) is 32.3 Å². The number of amides is 1. The van der Waals surface area contributed by atoms with Crippen LogP contribution in [0.4, 0.5) is 9.18 Å². The van der Waals surface area contributed by atoms with Crippen LogP contribution < -0.4 is 4.84 Å². The maximum atomic E-state index is 14.0. The van der Waals surface area contributed by atoms with Crippen molar-refractivity contribution in [2.45, 2.75) is 30.7 Å². The third-order valence-corrected chi connectivity index (χ3v) is 9.45. The number of benzene rings is 2. The zero-order valence-electron chi connectivity index (χ0n) is 22.9. The molecule has 212 valence electrons. The van der Waals surface area contributed by atoms with Crippen LogP contribution in [-0.2, 0) is 10.0 Å². The highest BCUT2D eigenvalue weighted by Crippen LogP contribution is 2.35. The Morgan fingerprint density at radius 2 is 1.73 bits per heavy atom. The van der Waals surface area contributed by atoms with Crippen LogP contribution in [-0.4, -0.2) is 70.2 Å². The van der Waals surface area contributed by atoms with Gasteiger partial charge >= 0.3 is 6.09 Å². The maximum absolute atomic E-state index is 14.0. The molecule has 6 rings (SSSR count). The van der Waals surface area contributed by atoms with Crippen molar-refractivity contribution in [3.05, 3.63) is 78.8 Å². The Balaban J connectivity index is 1.33. The van der Waals surface area contributed by atoms with Gasteiger partial charge < -0.3 is 14.3 Å². The molecule has 0 N–H and O–H groups in total. The molecule has 1 fully saturated rings. The summed E-state index contributed by atoms with van der Waals surface area (Å²) in [5.74, 6) is 0.515. The Kier molecular flexibility index (Phi) is 6.74. The lowest BCUT2D eigenvalue weighted by Crippen LogP contribution is -2.39. The van der Waals surface area contributed by atoms with Gasteiger partial charge in [0, 0.05) is 44.8 Å². The monoisotopic (exact) mass is 576 g/mol. The molecule has 1 amide bonds. The number of pyridine rings is 1. The number of fused-ring (bicyclic) bond motifs is 2. The first-order valence-electron chi connectivity index (χ1n) is 13.2. The van der Waals surface area contributed by atoms with Crippen molar-refractivity contribution in [3.8, 4) is 11.1 Å². The van der Waals surface area contributed by atoms with Crippen LogP contribution in [0.3, 0.4) is 0 Å². The first-order valence-corrected chi connectivity index (χ1v) is 14.7. The number of rotatable bonds is 5. The number of imidazole rings is 1. The van der Waals surface area contributed by atoms with Gasteiger partial charge in [-0.3, -0.25) is 4.98 Å². The van der Waals surface area contributed by atoms with E-state index >= 15 is 0 Å². The molecule has 4 heterocycles. The zero-order valence-corrected chi connectivity index (χ0v) is 23.7. The van der Waals surface area contributed by atoms with Gasteiger partial charge in [0.15, 0.2) is 0 Å². The van der Waals surface area contributed by atoms with Gasteiger partial charge in [-0.15, -0.1) is 0 Å². The molecule has 5 aromatic rings. The number of hydrogen-bond donors (Lipinski definition) is 0. The number of piperidine rings is 1. The summed E-state index contributed by atoms with van der Waals surface area (Å²) in [6.07, 6.45) is 5.41. The summed E-state index contributed by atoms with van der Waals surface area (Å²) in [6.45, 7) is 2.61. The van der Waals surface area contributed by atoms with Gasteiger partial charge in [0.2, 0.25) is 10.0 Å². The molecule has 3 aromatic heterocycles. The van der Waals surface area contributed by atoms with Crippen LogP contribution in [0.1, 0.15) is 24.7 Å². The van der Waals surface area contributed by atoms with Gasteiger partial charge in [0.05, 0.1) is 23.4 Å². The Morgan fingerprint density at radius 1 is 1.02 bits per heavy atom. The average molecular weight is 577 g/mol. The highest BCUT2D eigenvalue weighted by molar-refractivity contribution is 7.89. The Bertz CT molecular complexity index is 1870. The number of halogens is 1. The smallest absolute Gasteiger partial charge is 0.325 e. The van der Waals surface area contributed by atoms with Crippen molar-refractivity contribution in [1.29, 1.82) is 0 Å². The normalized spacial score (nSPS) is 15.0. The lowest BCUT2D eigenvalue weighted by Gasteiger charge is -2.32. The molecule has 0 atom stereocenters. The second-order valence-corrected chi connectivity index (χ2v) is 12.2. The molecule has 1 aliphatic rings. The van der Waals surface area contributed by atoms with Crippen molar-refractivity contribution >= 4 is 38.1 Å². The van der Waals surface area contributed by atoms with Crippen molar-refractivity contribution in [1.82, 2.24) is 28.5 Å². The molecule has 10 nitrogen and oxygen atoms in total. The molecule has 0 aliphatic carbocycles. The minimum absolute atomic E-state index is 0.0542. The highest BCUT2D eigenvalue weighted by Gasteiger charge is 2.34. The summed E-state index contributed by atoms with van der Waals surface area (Å²) >= 11 is 0. The molecule has 41 heavy (non-hydrogen) atoms. The predicted molar refractivity (Wildman–Crippen MR) is 152 cm³/mol. The van der Waals surface area contributed by atoms with Crippen LogP contribution >= 0.6 is 0 Å². The second-order valence-electron chi connectivity index (χ2n) is 10.3. The standard InChI is InChI=1S/C29H29FN6O4S/c1-19-32-25-17-31-13-10-26(25)36(19)23-11-14-34(15-12-23)41(38,39)28-18-35(40-29(37)33(2)3)27-16-21(6-9-24(27)28)20-4-7-22(30)8-5-20/h4-10,13,16-18,23H,11-12,14-15H2,1-3H3. The van der Waals surface area contributed by atoms with Gasteiger partial charge in [0.1, 0.15) is 22.1 Å². The first-order chi connectivity index (χ1) is 19.6. The second kappa shape index (κ2) is 10.3. The van der Waals surface area contributed by atoms with Crippen LogP contribution in [0.25, 0.3) is 33.1 Å². The number of nitrogens with zero attached hydrogens (tertiary/aromatic N) is 6. The Hall–Kier alpha value is -4.29. The van der Waals surface area contributed by atoms with E-state index < -0.39 is 16.1 Å². The van der Waals surface area contributed by atoms with Crippen LogP contribution in [0, 0.1) is 12.7 Å². The molecule has 0 bridgehead atoms. The summed E-state index contributed by atoms with van der Waals surface area (Å²) < 4.78 is 46.3. The SMILES string of the molecule is Cc1nc2cnccc2n1C1CCN(S(=O)(=O)c2cn(OC(=O)N(C)C)c3cc(-c4ccc(F)cc4)ccc23)CC1. The predicted octanol–water partition coefficient (Wildman–Crippen LogP) is 4.64. The Labute approximate surface area is 236 Å². The van der Waals surface area contributed by atoms with Gasteiger partial charge in [-0.05, 0) is 55.2 Å². The van der Waals surface area contributed by atoms with Crippen molar-refractivity contribution in [2.75, 3.05) is 27.2 Å². The molecule has 12 heteroatoms. The lowest BCUT2D eigenvalue weighted by molar-refractivity contribution is 0.111. The fourth-order valence-electron chi connectivity index (χ4n) is 5.45. The fourth-order valence-corrected chi connectivity index (χ4v) is 7.10. The summed E-state index contributed by atoms with van der Waals surface area (Å²) in [6, 6.07) is 13.2. The topological polar surface area (TPSA) is 103 Å². The number of carbonyl (C=O) groups is 1. The third-order valence-electron chi connectivity index (χ3n) is 7.53. The van der Waals surface area contributed by atoms with Crippen LogP contribution in [0.2, 0.25) is 0 Å². The van der Waals surface area contributed by atoms with Crippen LogP contribution in [0.5, 0.6) is 0 Å². The van der Waals surface area contributed by atoms with E-state index in [9.17, 15) is 17.6 Å². The van der Waals surface area contributed by atoms with Crippen LogP contribution in [0.15, 0.2) is 72.0 Å². The van der Waals surface area contributed by atoms with E-state index in [4.69, 9.17) is 4.84 Å². The maximum Gasteiger partial charge on any atom is 0.434 e. The highest BCUT2D eigenvalue weighted by atomic mass is 32.2. The number of aryl methyl sites for hydroxylation is 1. The first kappa shape index (κ1) is 26.9. The summed E-state index contributed by atoms with van der Waals surface area (Å²) in [7, 11) is -0.842. The summed E-state index contributed by atoms with van der Waals surface area (Å²) in [4.78, 5) is 28.1. The zero-order chi connectivity index (χ0) is 28.9. The van der Waals surface area contributed by atoms with Gasteiger partial charge in [0.25, 0.3) is 0 Å². The van der Waals surface area contributed by atoms with E-state index in [1.54, 1.807) is 56.8 Å². The molecule has 0 saturated carbocycles. The van der Waals surface area contributed by atoms with Crippen molar-refractivity contribution in [3.63, 3.8) is 0 Å². The minimum Gasteiger partial charge on any atom is -0.325 e. The van der Waals surface area contributed by atoms with Crippen molar-refractivity contribution in [2.24, 2.45) is 0 Å². The largest absolute Gasteiger partial charge is 0.434 e. The van der Waals surface area contributed by atoms with Gasteiger partial charge in [-0.1, -0.05) is 24.3 Å². The fraction of sp³-hybridized carbons (Fsp3) is 0.276. The molecule has 1 saturated heterocycles. The van der Waals surface area contributed by atoms with E-state index in [0.717, 1.165) is 28.0 Å². The van der Waals surface area contributed by atoms with Gasteiger partial charge in [-0.2, -0.15) is 9.04 Å². The van der Waals surface area contributed by atoms with E-state index in [1.807, 2.05) is 13.0 Å². The molecule has 0 unspecified atom stereocenters.